The van der Waals surface area contributed by atoms with E-state index in [0.717, 1.165) is 25.7 Å². The zero-order valence-electron chi connectivity index (χ0n) is 13.6. The number of nitrogens with zero attached hydrogens (tertiary/aromatic N) is 3. The third-order valence-electron chi connectivity index (χ3n) is 4.23. The van der Waals surface area contributed by atoms with Crippen molar-refractivity contribution in [1.82, 2.24) is 4.90 Å². The second kappa shape index (κ2) is 8.11. The molecule has 0 aromatic heterocycles. The van der Waals surface area contributed by atoms with E-state index in [-0.39, 0.29) is 23.2 Å². The van der Waals surface area contributed by atoms with Crippen LogP contribution >= 0.6 is 0 Å². The van der Waals surface area contributed by atoms with Crippen LogP contribution in [-0.4, -0.2) is 28.8 Å². The Labute approximate surface area is 140 Å². The van der Waals surface area contributed by atoms with Gasteiger partial charge in [0.1, 0.15) is 11.6 Å². The number of nitriles is 1. The third kappa shape index (κ3) is 4.32. The summed E-state index contributed by atoms with van der Waals surface area (Å²) in [5, 5.41) is 22.8. The fraction of sp³-hybridized carbons (Fsp3) is 0.412. The van der Waals surface area contributed by atoms with Gasteiger partial charge in [0.05, 0.1) is 4.92 Å². The molecule has 126 valence electrons. The van der Waals surface area contributed by atoms with E-state index in [1.807, 2.05) is 6.07 Å². The van der Waals surface area contributed by atoms with Crippen molar-refractivity contribution in [3.63, 3.8) is 0 Å². The molecule has 7 heteroatoms. The largest absolute Gasteiger partial charge is 0.360 e. The molecule has 7 nitrogen and oxygen atoms in total. The lowest BCUT2D eigenvalue weighted by Crippen LogP contribution is -2.39. The smallest absolute Gasteiger partial charge is 0.271 e. The molecule has 0 unspecified atom stereocenters. The summed E-state index contributed by atoms with van der Waals surface area (Å²) >= 11 is 0. The Morgan fingerprint density at radius 3 is 2.75 bits per heavy atom. The van der Waals surface area contributed by atoms with Crippen LogP contribution in [0.25, 0.3) is 0 Å². The summed E-state index contributed by atoms with van der Waals surface area (Å²) in [7, 11) is 1.72. The van der Waals surface area contributed by atoms with E-state index < -0.39 is 4.92 Å². The minimum Gasteiger partial charge on any atom is -0.360 e. The maximum Gasteiger partial charge on any atom is 0.271 e. The normalized spacial score (nSPS) is 15.4. The highest BCUT2D eigenvalue weighted by Crippen LogP contribution is 2.23. The van der Waals surface area contributed by atoms with Gasteiger partial charge in [-0.05, 0) is 18.9 Å². The topological polar surface area (TPSA) is 99.3 Å². The molecule has 0 heterocycles. The summed E-state index contributed by atoms with van der Waals surface area (Å²) in [4.78, 5) is 24.4. The Kier molecular flexibility index (Phi) is 5.90. The van der Waals surface area contributed by atoms with E-state index in [9.17, 15) is 20.2 Å². The highest BCUT2D eigenvalue weighted by molar-refractivity contribution is 5.97. The number of nitro benzene ring substituents is 1. The number of nitro groups is 1. The molecule has 0 aliphatic heterocycles. The van der Waals surface area contributed by atoms with Crippen molar-refractivity contribution < 1.29 is 9.72 Å². The second-order valence-corrected chi connectivity index (χ2v) is 5.83. The van der Waals surface area contributed by atoms with E-state index in [1.54, 1.807) is 18.0 Å². The summed E-state index contributed by atoms with van der Waals surface area (Å²) in [6.07, 6.45) is 6.60. The molecule has 1 N–H and O–H groups in total. The first-order chi connectivity index (χ1) is 11.5. The van der Waals surface area contributed by atoms with Crippen LogP contribution in [-0.2, 0) is 4.79 Å². The van der Waals surface area contributed by atoms with Crippen LogP contribution in [0.15, 0.2) is 36.0 Å². The number of amides is 1. The molecule has 0 atom stereocenters. The first kappa shape index (κ1) is 17.5. The van der Waals surface area contributed by atoms with E-state index >= 15 is 0 Å². The standard InChI is InChI=1S/C17H20N4O3/c1-20(15-7-3-2-4-8-15)17(22)13(11-18)12-19-14-6-5-9-16(10-14)21(23)24/h5-6,9-10,12,15,19H,2-4,7-8H2,1H3/b13-12-. The molecule has 1 saturated carbocycles. The van der Waals surface area contributed by atoms with Crippen molar-refractivity contribution >= 4 is 17.3 Å². The lowest BCUT2D eigenvalue weighted by molar-refractivity contribution is -0.384. The van der Waals surface area contributed by atoms with Gasteiger partial charge in [0, 0.05) is 37.1 Å². The fourth-order valence-electron chi connectivity index (χ4n) is 2.83. The minimum atomic E-state index is -0.498. The molecule has 0 spiro atoms. The average Bonchev–Trinajstić information content (AvgIpc) is 2.62. The van der Waals surface area contributed by atoms with Gasteiger partial charge < -0.3 is 10.2 Å². The van der Waals surface area contributed by atoms with Crippen molar-refractivity contribution in [1.29, 1.82) is 5.26 Å². The van der Waals surface area contributed by atoms with Gasteiger partial charge in [-0.1, -0.05) is 25.3 Å². The van der Waals surface area contributed by atoms with Crippen LogP contribution in [0.2, 0.25) is 0 Å². The highest BCUT2D eigenvalue weighted by Gasteiger charge is 2.24. The summed E-state index contributed by atoms with van der Waals surface area (Å²) < 4.78 is 0. The van der Waals surface area contributed by atoms with Gasteiger partial charge in [-0.25, -0.2) is 0 Å². The van der Waals surface area contributed by atoms with Crippen LogP contribution in [0.3, 0.4) is 0 Å². The quantitative estimate of drug-likeness (QED) is 0.387. The number of carbonyl (C=O) groups excluding carboxylic acids is 1. The maximum atomic E-state index is 12.5. The van der Waals surface area contributed by atoms with Gasteiger partial charge >= 0.3 is 0 Å². The summed E-state index contributed by atoms with van der Waals surface area (Å²) in [5.74, 6) is -0.331. The van der Waals surface area contributed by atoms with Crippen LogP contribution in [0.5, 0.6) is 0 Å². The predicted octanol–water partition coefficient (Wildman–Crippen LogP) is 3.21. The lowest BCUT2D eigenvalue weighted by atomic mass is 9.94. The zero-order valence-corrected chi connectivity index (χ0v) is 13.6. The second-order valence-electron chi connectivity index (χ2n) is 5.83. The molecule has 1 amide bonds. The van der Waals surface area contributed by atoms with Gasteiger partial charge in [-0.15, -0.1) is 0 Å². The number of likely N-dealkylation sites (N-methyl/N-ethyl adjacent to an activating group) is 1. The average molecular weight is 328 g/mol. The van der Waals surface area contributed by atoms with Crippen molar-refractivity contribution in [3.05, 3.63) is 46.2 Å². The number of hydrogen-bond donors (Lipinski definition) is 1. The van der Waals surface area contributed by atoms with Crippen molar-refractivity contribution in [2.45, 2.75) is 38.1 Å². The molecular formula is C17H20N4O3. The van der Waals surface area contributed by atoms with Gasteiger partial charge in [0.25, 0.3) is 11.6 Å². The van der Waals surface area contributed by atoms with E-state index in [4.69, 9.17) is 0 Å². The number of nitrogens with one attached hydrogen (secondary N) is 1. The number of non-ortho nitro benzene ring substituents is 1. The minimum absolute atomic E-state index is 0.0189. The maximum absolute atomic E-state index is 12.5. The van der Waals surface area contributed by atoms with Crippen molar-refractivity contribution in [3.8, 4) is 6.07 Å². The lowest BCUT2D eigenvalue weighted by Gasteiger charge is -2.31. The number of carbonyl (C=O) groups is 1. The molecule has 1 fully saturated rings. The number of anilines is 1. The molecular weight excluding hydrogens is 308 g/mol. The molecule has 1 aromatic carbocycles. The number of hydrogen-bond acceptors (Lipinski definition) is 5. The number of benzene rings is 1. The van der Waals surface area contributed by atoms with Gasteiger partial charge in [0.2, 0.25) is 0 Å². The Morgan fingerprint density at radius 2 is 2.12 bits per heavy atom. The monoisotopic (exact) mass is 328 g/mol. The Bertz CT molecular complexity index is 687. The molecule has 1 aliphatic rings. The Hall–Kier alpha value is -2.88. The first-order valence-electron chi connectivity index (χ1n) is 7.91. The fourth-order valence-corrected chi connectivity index (χ4v) is 2.83. The van der Waals surface area contributed by atoms with E-state index in [1.165, 1.54) is 30.8 Å². The first-order valence-corrected chi connectivity index (χ1v) is 7.91. The van der Waals surface area contributed by atoms with E-state index in [0.29, 0.717) is 5.69 Å². The molecule has 0 bridgehead atoms. The molecule has 0 saturated heterocycles. The SMILES string of the molecule is CN(C(=O)/C(C#N)=C\Nc1cccc([N+](=O)[O-])c1)C1CCCCC1. The van der Waals surface area contributed by atoms with Gasteiger partial charge in [-0.3, -0.25) is 14.9 Å². The zero-order chi connectivity index (χ0) is 17.5. The van der Waals surface area contributed by atoms with Crippen molar-refractivity contribution in [2.75, 3.05) is 12.4 Å². The Morgan fingerprint density at radius 1 is 1.42 bits per heavy atom. The van der Waals surface area contributed by atoms with Gasteiger partial charge in [-0.2, -0.15) is 5.26 Å². The molecule has 1 aliphatic carbocycles. The number of rotatable bonds is 5. The van der Waals surface area contributed by atoms with Crippen molar-refractivity contribution in [2.24, 2.45) is 0 Å². The highest BCUT2D eigenvalue weighted by atomic mass is 16.6. The Balaban J connectivity index is 2.08. The third-order valence-corrected chi connectivity index (χ3v) is 4.23. The molecule has 2 rings (SSSR count). The summed E-state index contributed by atoms with van der Waals surface area (Å²) in [6.45, 7) is 0. The van der Waals surface area contributed by atoms with Gasteiger partial charge in [0.15, 0.2) is 0 Å². The van der Waals surface area contributed by atoms with Crippen LogP contribution in [0, 0.1) is 21.4 Å². The van der Waals surface area contributed by atoms with Crippen LogP contribution in [0.4, 0.5) is 11.4 Å². The summed E-state index contributed by atoms with van der Waals surface area (Å²) in [5.41, 5.74) is 0.372. The summed E-state index contributed by atoms with van der Waals surface area (Å²) in [6, 6.07) is 7.97. The molecule has 0 radical (unpaired) electrons. The predicted molar refractivity (Wildman–Crippen MR) is 90.1 cm³/mol. The molecule has 1 aromatic rings. The van der Waals surface area contributed by atoms with E-state index in [2.05, 4.69) is 5.32 Å². The van der Waals surface area contributed by atoms with Crippen LogP contribution < -0.4 is 5.32 Å². The van der Waals surface area contributed by atoms with Crippen LogP contribution in [0.1, 0.15) is 32.1 Å². The molecule has 24 heavy (non-hydrogen) atoms.